The lowest BCUT2D eigenvalue weighted by Gasteiger charge is -2.06. The van der Waals surface area contributed by atoms with Gasteiger partial charge in [0, 0.05) is 6.54 Å². The number of hydrogen-bond acceptors (Lipinski definition) is 6. The second-order valence-electron chi connectivity index (χ2n) is 3.99. The van der Waals surface area contributed by atoms with Gasteiger partial charge in [-0.15, -0.1) is 5.10 Å². The Morgan fingerprint density at radius 2 is 2.35 bits per heavy atom. The molecule has 2 aromatic rings. The Bertz CT molecular complexity index is 694. The number of nitrogens with one attached hydrogen (secondary N) is 1. The summed E-state index contributed by atoms with van der Waals surface area (Å²) in [6.07, 6.45) is 2.12. The van der Waals surface area contributed by atoms with Gasteiger partial charge in [0.15, 0.2) is 5.16 Å². The Kier molecular flexibility index (Phi) is 4.08. The van der Waals surface area contributed by atoms with Crippen molar-refractivity contribution >= 4 is 23.4 Å². The number of hydrogen-bond donors (Lipinski definition) is 3. The first-order valence-corrected chi connectivity index (χ1v) is 6.66. The minimum absolute atomic E-state index is 0.0199. The van der Waals surface area contributed by atoms with Crippen LogP contribution in [0.5, 0.6) is 0 Å². The fraction of sp³-hybridized carbons (Fsp3) is 0.273. The summed E-state index contributed by atoms with van der Waals surface area (Å²) in [5, 5.41) is 16.0. The van der Waals surface area contributed by atoms with Crippen LogP contribution >= 0.6 is 11.8 Å². The first-order chi connectivity index (χ1) is 9.52. The molecule has 2 aromatic heterocycles. The molecule has 0 atom stereocenters. The molecule has 0 aliphatic rings. The van der Waals surface area contributed by atoms with Gasteiger partial charge in [-0.1, -0.05) is 6.92 Å². The highest BCUT2D eigenvalue weighted by molar-refractivity contribution is 7.99. The molecule has 20 heavy (non-hydrogen) atoms. The number of carboxylic acid groups (broad SMARTS) is 1. The van der Waals surface area contributed by atoms with E-state index in [0.717, 1.165) is 18.2 Å². The molecule has 0 amide bonds. The fourth-order valence-electron chi connectivity index (χ4n) is 1.59. The normalized spacial score (nSPS) is 10.7. The third-order valence-electron chi connectivity index (χ3n) is 2.46. The van der Waals surface area contributed by atoms with Gasteiger partial charge >= 0.3 is 11.7 Å². The molecule has 0 saturated carbocycles. The van der Waals surface area contributed by atoms with Crippen LogP contribution in [-0.4, -0.2) is 30.8 Å². The zero-order chi connectivity index (χ0) is 14.7. The summed E-state index contributed by atoms with van der Waals surface area (Å²) < 4.78 is 1.44. The lowest BCUT2D eigenvalue weighted by atomic mass is 10.3. The number of carboxylic acids is 1. The van der Waals surface area contributed by atoms with Crippen LogP contribution in [0.4, 0.5) is 5.69 Å². The lowest BCUT2D eigenvalue weighted by Crippen LogP contribution is -2.17. The number of pyridine rings is 1. The number of nitrogen functional groups attached to an aromatic ring is 1. The predicted molar refractivity (Wildman–Crippen MR) is 72.9 cm³/mol. The van der Waals surface area contributed by atoms with E-state index >= 15 is 0 Å². The minimum atomic E-state index is -1.13. The smallest absolute Gasteiger partial charge is 0.343 e. The van der Waals surface area contributed by atoms with Crippen LogP contribution in [0.25, 0.3) is 0 Å². The van der Waals surface area contributed by atoms with Crippen LogP contribution < -0.4 is 11.4 Å². The number of carbonyl (C=O) groups is 1. The van der Waals surface area contributed by atoms with E-state index in [0.29, 0.717) is 11.7 Å². The second kappa shape index (κ2) is 5.78. The summed E-state index contributed by atoms with van der Waals surface area (Å²) in [7, 11) is 0. The van der Waals surface area contributed by atoms with Crippen LogP contribution in [0.3, 0.4) is 0 Å². The van der Waals surface area contributed by atoms with E-state index in [2.05, 4.69) is 15.2 Å². The number of rotatable bonds is 5. The highest BCUT2D eigenvalue weighted by Gasteiger charge is 2.17. The number of anilines is 1. The second-order valence-corrected chi connectivity index (χ2v) is 4.95. The Morgan fingerprint density at radius 1 is 1.60 bits per heavy atom. The topological polar surface area (TPSA) is 127 Å². The van der Waals surface area contributed by atoms with Crippen molar-refractivity contribution in [3.8, 4) is 0 Å². The molecule has 0 aliphatic carbocycles. The van der Waals surface area contributed by atoms with Crippen LogP contribution in [0.2, 0.25) is 0 Å². The Morgan fingerprint density at radius 3 is 3.00 bits per heavy atom. The van der Waals surface area contributed by atoms with E-state index < -0.39 is 5.97 Å². The molecule has 0 fully saturated rings. The average molecular weight is 295 g/mol. The van der Waals surface area contributed by atoms with Gasteiger partial charge in [0.2, 0.25) is 0 Å². The Labute approximate surface area is 118 Å². The van der Waals surface area contributed by atoms with Crippen LogP contribution in [0, 0.1) is 0 Å². The standard InChI is InChI=1S/C11H13N5O3S/c1-2-3-16-10(19)14-15-11(16)20-8-7(9(17)18)4-6(12)5-13-8/h4-5H,2-3,12H2,1H3,(H,14,19)(H,17,18). The van der Waals surface area contributed by atoms with Gasteiger partial charge in [-0.25, -0.2) is 19.7 Å². The zero-order valence-electron chi connectivity index (χ0n) is 10.7. The molecule has 0 radical (unpaired) electrons. The molecule has 0 aromatic carbocycles. The maximum absolute atomic E-state index is 11.6. The number of H-pyrrole nitrogens is 1. The van der Waals surface area contributed by atoms with Crippen molar-refractivity contribution in [1.82, 2.24) is 19.7 Å². The monoisotopic (exact) mass is 295 g/mol. The van der Waals surface area contributed by atoms with Crippen molar-refractivity contribution in [3.63, 3.8) is 0 Å². The number of nitrogens with two attached hydrogens (primary N) is 1. The van der Waals surface area contributed by atoms with Gasteiger partial charge in [0.05, 0.1) is 17.4 Å². The first kappa shape index (κ1) is 14.1. The van der Waals surface area contributed by atoms with Crippen molar-refractivity contribution in [3.05, 3.63) is 28.3 Å². The highest BCUT2D eigenvalue weighted by atomic mass is 32.2. The van der Waals surface area contributed by atoms with Crippen molar-refractivity contribution in [2.24, 2.45) is 0 Å². The third kappa shape index (κ3) is 2.82. The summed E-state index contributed by atoms with van der Waals surface area (Å²) >= 11 is 1.01. The maximum atomic E-state index is 11.6. The molecule has 0 spiro atoms. The predicted octanol–water partition coefficient (Wildman–Crippen LogP) is 0.808. The van der Waals surface area contributed by atoms with Gasteiger partial charge in [0.1, 0.15) is 5.03 Å². The largest absolute Gasteiger partial charge is 0.478 e. The molecule has 9 heteroatoms. The van der Waals surface area contributed by atoms with E-state index in [4.69, 9.17) is 10.8 Å². The van der Waals surface area contributed by atoms with Gasteiger partial charge in [0.25, 0.3) is 0 Å². The number of nitrogens with zero attached hydrogens (tertiary/aromatic N) is 3. The molecule has 8 nitrogen and oxygen atoms in total. The van der Waals surface area contributed by atoms with E-state index in [1.807, 2.05) is 6.92 Å². The molecule has 0 aliphatic heterocycles. The molecule has 0 unspecified atom stereocenters. The number of aromatic carboxylic acids is 1. The molecular weight excluding hydrogens is 282 g/mol. The van der Waals surface area contributed by atoms with Gasteiger partial charge in [-0.05, 0) is 24.2 Å². The lowest BCUT2D eigenvalue weighted by molar-refractivity contribution is 0.0692. The van der Waals surface area contributed by atoms with Crippen molar-refractivity contribution < 1.29 is 9.90 Å². The molecule has 106 valence electrons. The summed E-state index contributed by atoms with van der Waals surface area (Å²) in [6.45, 7) is 2.42. The Balaban J connectivity index is 2.40. The molecule has 0 bridgehead atoms. The molecule has 0 saturated heterocycles. The molecule has 2 rings (SSSR count). The summed E-state index contributed by atoms with van der Waals surface area (Å²) in [4.78, 5) is 26.7. The molecule has 2 heterocycles. The van der Waals surface area contributed by atoms with E-state index in [1.54, 1.807) is 0 Å². The summed E-state index contributed by atoms with van der Waals surface area (Å²) in [5.41, 5.74) is 5.44. The van der Waals surface area contributed by atoms with E-state index in [-0.39, 0.29) is 22.0 Å². The van der Waals surface area contributed by atoms with Crippen LogP contribution in [0.15, 0.2) is 27.2 Å². The summed E-state index contributed by atoms with van der Waals surface area (Å²) in [6, 6.07) is 1.33. The third-order valence-corrected chi connectivity index (χ3v) is 3.47. The van der Waals surface area contributed by atoms with Gasteiger partial charge < -0.3 is 10.8 Å². The van der Waals surface area contributed by atoms with Crippen LogP contribution in [0.1, 0.15) is 23.7 Å². The summed E-state index contributed by atoms with van der Waals surface area (Å²) in [5.74, 6) is -1.13. The Hall–Kier alpha value is -2.29. The average Bonchev–Trinajstić information content (AvgIpc) is 2.74. The first-order valence-electron chi connectivity index (χ1n) is 5.84. The quantitative estimate of drug-likeness (QED) is 0.744. The van der Waals surface area contributed by atoms with Crippen LogP contribution in [-0.2, 0) is 6.54 Å². The minimum Gasteiger partial charge on any atom is -0.478 e. The number of aromatic nitrogens is 4. The van der Waals surface area contributed by atoms with E-state index in [9.17, 15) is 9.59 Å². The molecular formula is C11H13N5O3S. The van der Waals surface area contributed by atoms with Crippen molar-refractivity contribution in [2.45, 2.75) is 30.1 Å². The highest BCUT2D eigenvalue weighted by Crippen LogP contribution is 2.27. The van der Waals surface area contributed by atoms with Crippen molar-refractivity contribution in [1.29, 1.82) is 0 Å². The van der Waals surface area contributed by atoms with Gasteiger partial charge in [-0.2, -0.15) is 0 Å². The molecule has 4 N–H and O–H groups in total. The maximum Gasteiger partial charge on any atom is 0.343 e. The van der Waals surface area contributed by atoms with Crippen molar-refractivity contribution in [2.75, 3.05) is 5.73 Å². The SMILES string of the molecule is CCCn1c(Sc2ncc(N)cc2C(=O)O)n[nH]c1=O. The number of aromatic amines is 1. The van der Waals surface area contributed by atoms with E-state index in [1.165, 1.54) is 16.8 Å². The van der Waals surface area contributed by atoms with Gasteiger partial charge in [-0.3, -0.25) is 4.57 Å². The fourth-order valence-corrected chi connectivity index (χ4v) is 2.50. The zero-order valence-corrected chi connectivity index (χ0v) is 11.5.